The van der Waals surface area contributed by atoms with Crippen molar-refractivity contribution in [2.75, 3.05) is 6.61 Å². The summed E-state index contributed by atoms with van der Waals surface area (Å²) >= 11 is 8.55. The van der Waals surface area contributed by atoms with Gasteiger partial charge in [-0.3, -0.25) is 4.79 Å². The van der Waals surface area contributed by atoms with E-state index in [9.17, 15) is 9.59 Å². The summed E-state index contributed by atoms with van der Waals surface area (Å²) in [6, 6.07) is 4.66. The Balaban J connectivity index is 2.51. The van der Waals surface area contributed by atoms with Gasteiger partial charge in [-0.25, -0.2) is 4.79 Å². The molecule has 1 aromatic rings. The molecule has 0 fully saturated rings. The summed E-state index contributed by atoms with van der Waals surface area (Å²) in [4.78, 5) is 22.8. The van der Waals surface area contributed by atoms with Crippen molar-refractivity contribution in [3.05, 3.63) is 39.5 Å². The van der Waals surface area contributed by atoms with Crippen LogP contribution in [0.5, 0.6) is 5.75 Å². The first-order valence-electron chi connectivity index (χ1n) is 6.73. The minimum absolute atomic E-state index is 0.112. The van der Waals surface area contributed by atoms with Gasteiger partial charge in [0.1, 0.15) is 5.75 Å². The van der Waals surface area contributed by atoms with Crippen LogP contribution in [0.4, 0.5) is 0 Å². The Kier molecular flexibility index (Phi) is 5.38. The Hall–Kier alpha value is -1.93. The van der Waals surface area contributed by atoms with Crippen LogP contribution in [-0.2, 0) is 9.59 Å². The molecule has 6 nitrogen and oxygen atoms in total. The smallest absolute Gasteiger partial charge is 0.341 e. The molecule has 0 radical (unpaired) electrons. The highest BCUT2D eigenvalue weighted by Gasteiger charge is 2.30. The number of halogens is 1. The van der Waals surface area contributed by atoms with Gasteiger partial charge in [-0.05, 0) is 44.3 Å². The molecule has 0 amide bonds. The van der Waals surface area contributed by atoms with Gasteiger partial charge in [0.25, 0.3) is 0 Å². The molecule has 0 aliphatic carbocycles. The second-order valence-corrected chi connectivity index (χ2v) is 6.31. The normalized spacial score (nSPS) is 17.3. The molecule has 0 aromatic heterocycles. The molecule has 8 heteroatoms. The topological polar surface area (TPSA) is 87.7 Å². The number of nitrogens with one attached hydrogen (secondary N) is 2. The predicted molar refractivity (Wildman–Crippen MR) is 92.3 cm³/mol. The fourth-order valence-electron chi connectivity index (χ4n) is 2.41. The minimum Gasteiger partial charge on any atom is -0.482 e. The summed E-state index contributed by atoms with van der Waals surface area (Å²) in [5, 5.41) is 15.2. The van der Waals surface area contributed by atoms with E-state index >= 15 is 0 Å². The predicted octanol–water partition coefficient (Wildman–Crippen LogP) is 2.29. The van der Waals surface area contributed by atoms with Gasteiger partial charge in [0, 0.05) is 21.3 Å². The lowest BCUT2D eigenvalue weighted by molar-refractivity contribution is -0.139. The van der Waals surface area contributed by atoms with E-state index in [1.54, 1.807) is 25.1 Å². The third-order valence-corrected chi connectivity index (χ3v) is 4.00. The third kappa shape index (κ3) is 4.08. The number of hydrogen-bond donors (Lipinski definition) is 3. The standard InChI is InChI=1S/C15H15BrN2O4S/c1-7-13(8(2)19)14(18-15(23)17-7)10-5-9(16)3-4-11(10)22-6-12(20)21/h3-5,14H,6H2,1-2H3,(H,20,21)(H2,17,18,23)/t14-/m1/s1. The summed E-state index contributed by atoms with van der Waals surface area (Å²) in [6.07, 6.45) is 0. The number of carbonyl (C=O) groups excluding carboxylic acids is 1. The average Bonchev–Trinajstić information content (AvgIpc) is 2.44. The van der Waals surface area contributed by atoms with Crippen molar-refractivity contribution in [3.63, 3.8) is 0 Å². The number of thiocarbonyl (C=S) groups is 1. The molecule has 1 aromatic carbocycles. The molecule has 1 atom stereocenters. The van der Waals surface area contributed by atoms with Crippen molar-refractivity contribution >= 4 is 45.0 Å². The molecule has 0 unspecified atom stereocenters. The van der Waals surface area contributed by atoms with Crippen LogP contribution in [-0.4, -0.2) is 28.6 Å². The zero-order chi connectivity index (χ0) is 17.1. The molecule has 0 spiro atoms. The van der Waals surface area contributed by atoms with Crippen molar-refractivity contribution < 1.29 is 19.4 Å². The van der Waals surface area contributed by atoms with Crippen LogP contribution >= 0.6 is 28.1 Å². The van der Waals surface area contributed by atoms with Crippen molar-refractivity contribution in [2.45, 2.75) is 19.9 Å². The molecule has 0 saturated heterocycles. The van der Waals surface area contributed by atoms with E-state index in [0.29, 0.717) is 27.7 Å². The average molecular weight is 399 g/mol. The Morgan fingerprint density at radius 1 is 1.43 bits per heavy atom. The number of ether oxygens (including phenoxy) is 1. The van der Waals surface area contributed by atoms with Crippen LogP contribution in [0.25, 0.3) is 0 Å². The Morgan fingerprint density at radius 2 is 2.13 bits per heavy atom. The van der Waals surface area contributed by atoms with Crippen molar-refractivity contribution in [3.8, 4) is 5.75 Å². The van der Waals surface area contributed by atoms with Gasteiger partial charge in [-0.2, -0.15) is 0 Å². The Bertz CT molecular complexity index is 717. The van der Waals surface area contributed by atoms with Gasteiger partial charge < -0.3 is 20.5 Å². The molecule has 1 aliphatic rings. The van der Waals surface area contributed by atoms with Gasteiger partial charge in [0.2, 0.25) is 0 Å². The van der Waals surface area contributed by atoms with Gasteiger partial charge >= 0.3 is 5.97 Å². The zero-order valence-corrected chi connectivity index (χ0v) is 14.9. The molecular weight excluding hydrogens is 384 g/mol. The highest BCUT2D eigenvalue weighted by molar-refractivity contribution is 9.10. The van der Waals surface area contributed by atoms with Crippen LogP contribution in [0, 0.1) is 0 Å². The monoisotopic (exact) mass is 398 g/mol. The molecule has 1 heterocycles. The first-order valence-corrected chi connectivity index (χ1v) is 7.93. The lowest BCUT2D eigenvalue weighted by Crippen LogP contribution is -2.44. The number of benzene rings is 1. The summed E-state index contributed by atoms with van der Waals surface area (Å²) in [6.45, 7) is 2.77. The number of hydrogen-bond acceptors (Lipinski definition) is 4. The SMILES string of the molecule is CC(=O)C1=C(C)NC(=S)N[C@@H]1c1cc(Br)ccc1OCC(=O)O. The number of ketones is 1. The third-order valence-electron chi connectivity index (χ3n) is 3.28. The molecule has 0 bridgehead atoms. The highest BCUT2D eigenvalue weighted by atomic mass is 79.9. The van der Waals surface area contributed by atoms with E-state index < -0.39 is 18.6 Å². The number of aliphatic carboxylic acids is 1. The number of carboxylic acid groups (broad SMARTS) is 1. The molecule has 2 rings (SSSR count). The van der Waals surface area contributed by atoms with Gasteiger partial charge in [-0.15, -0.1) is 0 Å². The molecule has 1 aliphatic heterocycles. The lowest BCUT2D eigenvalue weighted by atomic mass is 9.92. The summed E-state index contributed by atoms with van der Waals surface area (Å²) in [5.41, 5.74) is 1.82. The molecule has 0 saturated carbocycles. The van der Waals surface area contributed by atoms with Crippen LogP contribution in [0.3, 0.4) is 0 Å². The number of allylic oxidation sites excluding steroid dienone is 1. The highest BCUT2D eigenvalue weighted by Crippen LogP contribution is 2.35. The Morgan fingerprint density at radius 3 is 2.74 bits per heavy atom. The quantitative estimate of drug-likeness (QED) is 0.655. The zero-order valence-electron chi connectivity index (χ0n) is 12.5. The van der Waals surface area contributed by atoms with E-state index in [4.69, 9.17) is 22.1 Å². The lowest BCUT2D eigenvalue weighted by Gasteiger charge is -2.30. The minimum atomic E-state index is -1.08. The summed E-state index contributed by atoms with van der Waals surface area (Å²) < 4.78 is 6.13. The fourth-order valence-corrected chi connectivity index (χ4v) is 3.06. The number of Topliss-reactive ketones (excluding diaryl/α,β-unsaturated/α-hetero) is 1. The second-order valence-electron chi connectivity index (χ2n) is 4.99. The maximum absolute atomic E-state index is 12.0. The van der Waals surface area contributed by atoms with Crippen molar-refractivity contribution in [1.82, 2.24) is 10.6 Å². The summed E-state index contributed by atoms with van der Waals surface area (Å²) in [7, 11) is 0. The molecular formula is C15H15BrN2O4S. The fraction of sp³-hybridized carbons (Fsp3) is 0.267. The number of carboxylic acids is 1. The van der Waals surface area contributed by atoms with Crippen LogP contribution in [0.15, 0.2) is 33.9 Å². The van der Waals surface area contributed by atoms with Gasteiger partial charge in [0.15, 0.2) is 17.5 Å². The van der Waals surface area contributed by atoms with E-state index in [1.165, 1.54) is 6.92 Å². The van der Waals surface area contributed by atoms with E-state index in [-0.39, 0.29) is 5.78 Å². The van der Waals surface area contributed by atoms with Crippen molar-refractivity contribution in [2.24, 2.45) is 0 Å². The first-order chi connectivity index (χ1) is 10.8. The largest absolute Gasteiger partial charge is 0.482 e. The van der Waals surface area contributed by atoms with E-state index in [1.807, 2.05) is 0 Å². The summed E-state index contributed by atoms with van der Waals surface area (Å²) in [5.74, 6) is -0.810. The van der Waals surface area contributed by atoms with Crippen LogP contribution in [0.1, 0.15) is 25.5 Å². The first kappa shape index (κ1) is 17.4. The van der Waals surface area contributed by atoms with Gasteiger partial charge in [-0.1, -0.05) is 15.9 Å². The number of rotatable bonds is 5. The Labute approximate surface area is 147 Å². The van der Waals surface area contributed by atoms with Crippen molar-refractivity contribution in [1.29, 1.82) is 0 Å². The van der Waals surface area contributed by atoms with Gasteiger partial charge in [0.05, 0.1) is 6.04 Å². The van der Waals surface area contributed by atoms with Crippen LogP contribution in [0.2, 0.25) is 0 Å². The second kappa shape index (κ2) is 7.10. The maximum Gasteiger partial charge on any atom is 0.341 e. The van der Waals surface area contributed by atoms with E-state index in [2.05, 4.69) is 26.6 Å². The maximum atomic E-state index is 12.0. The van der Waals surface area contributed by atoms with Crippen LogP contribution < -0.4 is 15.4 Å². The number of carbonyl (C=O) groups is 2. The molecule has 3 N–H and O–H groups in total. The molecule has 122 valence electrons. The van der Waals surface area contributed by atoms with E-state index in [0.717, 1.165) is 4.47 Å². The molecule has 23 heavy (non-hydrogen) atoms.